The van der Waals surface area contributed by atoms with Gasteiger partial charge in [-0.25, -0.2) is 4.39 Å². The van der Waals surface area contributed by atoms with E-state index in [0.717, 1.165) is 28.1 Å². The molecule has 7 heteroatoms. The third-order valence-corrected chi connectivity index (χ3v) is 4.20. The van der Waals surface area contributed by atoms with E-state index in [4.69, 9.17) is 4.74 Å². The summed E-state index contributed by atoms with van der Waals surface area (Å²) in [6.07, 6.45) is 0. The molecule has 4 rings (SSSR count). The lowest BCUT2D eigenvalue weighted by Gasteiger charge is -2.09. The summed E-state index contributed by atoms with van der Waals surface area (Å²) in [6, 6.07) is 22.0. The third-order valence-electron chi connectivity index (χ3n) is 4.20. The Labute approximate surface area is 161 Å². The number of aromatic amines is 1. The van der Waals surface area contributed by atoms with Crippen LogP contribution in [-0.4, -0.2) is 20.6 Å². The van der Waals surface area contributed by atoms with E-state index in [0.29, 0.717) is 19.0 Å². The minimum absolute atomic E-state index is 0.247. The van der Waals surface area contributed by atoms with Gasteiger partial charge in [0.1, 0.15) is 18.2 Å². The quantitative estimate of drug-likeness (QED) is 0.506. The van der Waals surface area contributed by atoms with Gasteiger partial charge in [-0.15, -0.1) is 10.2 Å². The molecule has 0 atom stereocenters. The first kappa shape index (κ1) is 17.7. The second-order valence-electron chi connectivity index (χ2n) is 6.23. The van der Waals surface area contributed by atoms with Gasteiger partial charge in [0.05, 0.1) is 0 Å². The van der Waals surface area contributed by atoms with E-state index in [2.05, 4.69) is 25.9 Å². The van der Waals surface area contributed by atoms with E-state index in [1.807, 2.05) is 48.5 Å². The molecule has 0 saturated carbocycles. The van der Waals surface area contributed by atoms with E-state index >= 15 is 0 Å². The Morgan fingerprint density at radius 3 is 2.46 bits per heavy atom. The molecule has 6 nitrogen and oxygen atoms in total. The van der Waals surface area contributed by atoms with Crippen LogP contribution in [0.15, 0.2) is 72.8 Å². The zero-order chi connectivity index (χ0) is 19.2. The summed E-state index contributed by atoms with van der Waals surface area (Å²) in [7, 11) is 0. The van der Waals surface area contributed by atoms with Gasteiger partial charge in [0, 0.05) is 17.8 Å². The zero-order valence-corrected chi connectivity index (χ0v) is 15.0. The molecule has 0 radical (unpaired) electrons. The number of hydrogen-bond acceptors (Lipinski definition) is 5. The van der Waals surface area contributed by atoms with Crippen LogP contribution in [-0.2, 0) is 13.2 Å². The second kappa shape index (κ2) is 8.30. The zero-order valence-electron chi connectivity index (χ0n) is 15.0. The van der Waals surface area contributed by atoms with E-state index in [9.17, 15) is 4.39 Å². The molecule has 0 amide bonds. The number of anilines is 1. The smallest absolute Gasteiger partial charge is 0.204 e. The average molecular weight is 375 g/mol. The van der Waals surface area contributed by atoms with Gasteiger partial charge in [-0.3, -0.25) is 0 Å². The van der Waals surface area contributed by atoms with Gasteiger partial charge >= 0.3 is 0 Å². The van der Waals surface area contributed by atoms with E-state index in [1.165, 1.54) is 12.1 Å². The molecule has 1 aromatic heterocycles. The van der Waals surface area contributed by atoms with Crippen molar-refractivity contribution < 1.29 is 9.13 Å². The fourth-order valence-electron chi connectivity index (χ4n) is 2.71. The van der Waals surface area contributed by atoms with Crippen molar-refractivity contribution in [1.82, 2.24) is 20.6 Å². The van der Waals surface area contributed by atoms with Gasteiger partial charge in [0.2, 0.25) is 5.82 Å². The Bertz CT molecular complexity index is 1020. The molecule has 0 bridgehead atoms. The van der Waals surface area contributed by atoms with Crippen LogP contribution in [0.25, 0.3) is 11.4 Å². The van der Waals surface area contributed by atoms with E-state index in [1.54, 1.807) is 12.1 Å². The molecular formula is C21H18FN5O. The first-order chi connectivity index (χ1) is 13.8. The van der Waals surface area contributed by atoms with Crippen LogP contribution in [0.3, 0.4) is 0 Å². The van der Waals surface area contributed by atoms with Crippen LogP contribution in [0.1, 0.15) is 11.1 Å². The van der Waals surface area contributed by atoms with Crippen molar-refractivity contribution in [3.8, 4) is 17.1 Å². The maximum Gasteiger partial charge on any atom is 0.204 e. The molecule has 0 aliphatic heterocycles. The lowest BCUT2D eigenvalue weighted by atomic mass is 10.1. The molecule has 1 heterocycles. The Hall–Kier alpha value is -3.74. The number of nitrogens with zero attached hydrogens (tertiary/aromatic N) is 3. The molecule has 0 spiro atoms. The fourth-order valence-corrected chi connectivity index (χ4v) is 2.71. The molecule has 3 aromatic carbocycles. The van der Waals surface area contributed by atoms with Crippen molar-refractivity contribution in [3.63, 3.8) is 0 Å². The normalized spacial score (nSPS) is 10.6. The topological polar surface area (TPSA) is 75.7 Å². The molecule has 4 aromatic rings. The Balaban J connectivity index is 1.32. The van der Waals surface area contributed by atoms with Crippen molar-refractivity contribution in [2.75, 3.05) is 5.32 Å². The van der Waals surface area contributed by atoms with Gasteiger partial charge in [-0.05, 0) is 52.7 Å². The molecule has 28 heavy (non-hydrogen) atoms. The molecule has 0 aliphatic rings. The number of benzene rings is 3. The number of H-pyrrole nitrogens is 1. The number of ether oxygens (including phenoxy) is 1. The maximum absolute atomic E-state index is 12.9. The number of halogens is 1. The van der Waals surface area contributed by atoms with Crippen molar-refractivity contribution in [1.29, 1.82) is 0 Å². The molecular weight excluding hydrogens is 357 g/mol. The van der Waals surface area contributed by atoms with Gasteiger partial charge < -0.3 is 10.1 Å². The number of tetrazole rings is 1. The Kier molecular flexibility index (Phi) is 5.24. The fraction of sp³-hybridized carbons (Fsp3) is 0.0952. The van der Waals surface area contributed by atoms with Crippen LogP contribution in [0.4, 0.5) is 10.1 Å². The van der Waals surface area contributed by atoms with Gasteiger partial charge in [0.25, 0.3) is 0 Å². The minimum Gasteiger partial charge on any atom is -0.489 e. The van der Waals surface area contributed by atoms with Gasteiger partial charge in [0.15, 0.2) is 0 Å². The number of aromatic nitrogens is 4. The number of hydrogen-bond donors (Lipinski definition) is 2. The van der Waals surface area contributed by atoms with Crippen molar-refractivity contribution in [2.24, 2.45) is 0 Å². The lowest BCUT2D eigenvalue weighted by Crippen LogP contribution is -2.00. The summed E-state index contributed by atoms with van der Waals surface area (Å²) in [6.45, 7) is 1.08. The van der Waals surface area contributed by atoms with E-state index < -0.39 is 0 Å². The lowest BCUT2D eigenvalue weighted by molar-refractivity contribution is 0.306. The third kappa shape index (κ3) is 4.50. The molecule has 0 unspecified atom stereocenters. The predicted octanol–water partition coefficient (Wildman–Crippen LogP) is 4.20. The van der Waals surface area contributed by atoms with Crippen molar-refractivity contribution in [2.45, 2.75) is 13.2 Å². The molecule has 0 saturated heterocycles. The van der Waals surface area contributed by atoms with Gasteiger partial charge in [-0.2, -0.15) is 5.21 Å². The summed E-state index contributed by atoms with van der Waals surface area (Å²) in [5.41, 5.74) is 3.91. The largest absolute Gasteiger partial charge is 0.489 e. The molecule has 140 valence electrons. The highest BCUT2D eigenvalue weighted by molar-refractivity contribution is 5.61. The summed E-state index contributed by atoms with van der Waals surface area (Å²) >= 11 is 0. The summed E-state index contributed by atoms with van der Waals surface area (Å²) < 4.78 is 18.7. The highest BCUT2D eigenvalue weighted by Gasteiger charge is 2.04. The van der Waals surface area contributed by atoms with Crippen LogP contribution < -0.4 is 10.1 Å². The molecule has 0 aliphatic carbocycles. The second-order valence-corrected chi connectivity index (χ2v) is 6.23. The molecule has 2 N–H and O–H groups in total. The SMILES string of the molecule is Fc1ccc(COc2ccc(CNc3cccc(-c4nn[nH]n4)c3)cc2)cc1. The highest BCUT2D eigenvalue weighted by atomic mass is 19.1. The minimum atomic E-state index is -0.247. The predicted molar refractivity (Wildman–Crippen MR) is 104 cm³/mol. The maximum atomic E-state index is 12.9. The van der Waals surface area contributed by atoms with Crippen LogP contribution in [0.5, 0.6) is 5.75 Å². The molecule has 0 fully saturated rings. The summed E-state index contributed by atoms with van der Waals surface area (Å²) in [5.74, 6) is 1.09. The van der Waals surface area contributed by atoms with Crippen molar-refractivity contribution in [3.05, 3.63) is 89.7 Å². The van der Waals surface area contributed by atoms with Crippen LogP contribution in [0, 0.1) is 5.82 Å². The average Bonchev–Trinajstić information content (AvgIpc) is 3.28. The van der Waals surface area contributed by atoms with Gasteiger partial charge in [-0.1, -0.05) is 36.4 Å². The van der Waals surface area contributed by atoms with E-state index in [-0.39, 0.29) is 5.82 Å². The first-order valence-electron chi connectivity index (χ1n) is 8.80. The summed E-state index contributed by atoms with van der Waals surface area (Å²) in [5, 5.41) is 17.4. The Morgan fingerprint density at radius 1 is 0.929 bits per heavy atom. The van der Waals surface area contributed by atoms with Crippen LogP contribution >= 0.6 is 0 Å². The highest BCUT2D eigenvalue weighted by Crippen LogP contribution is 2.20. The number of rotatable bonds is 7. The Morgan fingerprint density at radius 2 is 1.71 bits per heavy atom. The monoisotopic (exact) mass is 375 g/mol. The first-order valence-corrected chi connectivity index (χ1v) is 8.80. The standard InChI is InChI=1S/C21H18FN5O/c22-18-8-4-16(5-9-18)14-28-20-10-6-15(7-11-20)13-23-19-3-1-2-17(12-19)21-24-26-27-25-21/h1-12,23H,13-14H2,(H,24,25,26,27). The van der Waals surface area contributed by atoms with Crippen LogP contribution in [0.2, 0.25) is 0 Å². The van der Waals surface area contributed by atoms with Crippen molar-refractivity contribution >= 4 is 5.69 Å². The number of nitrogens with one attached hydrogen (secondary N) is 2. The summed E-state index contributed by atoms with van der Waals surface area (Å²) in [4.78, 5) is 0.